The highest BCUT2D eigenvalue weighted by Gasteiger charge is 2.47. The third kappa shape index (κ3) is 2.44. The predicted octanol–water partition coefficient (Wildman–Crippen LogP) is 3.47. The fraction of sp³-hybridized carbons (Fsp3) is 0.182. The largest absolute Gasteiger partial charge is 0.332 e. The van der Waals surface area contributed by atoms with Gasteiger partial charge in [-0.05, 0) is 17.7 Å². The van der Waals surface area contributed by atoms with Gasteiger partial charge in [-0.3, -0.25) is 18.7 Å². The van der Waals surface area contributed by atoms with Crippen molar-refractivity contribution in [1.29, 1.82) is 0 Å². The van der Waals surface area contributed by atoms with Crippen LogP contribution in [0.2, 0.25) is 10.0 Å². The maximum atomic E-state index is 13.4. The van der Waals surface area contributed by atoms with Crippen LogP contribution < -0.4 is 11.2 Å². The van der Waals surface area contributed by atoms with Crippen LogP contribution in [-0.2, 0) is 14.1 Å². The van der Waals surface area contributed by atoms with Crippen LogP contribution in [0.3, 0.4) is 0 Å². The molecule has 3 aromatic rings. The summed E-state index contributed by atoms with van der Waals surface area (Å²) in [5, 5.41) is 0.698. The van der Waals surface area contributed by atoms with Gasteiger partial charge in [0.15, 0.2) is 5.78 Å². The first-order valence-electron chi connectivity index (χ1n) is 9.28. The molecule has 2 heterocycles. The van der Waals surface area contributed by atoms with Gasteiger partial charge in [0.1, 0.15) is 5.82 Å². The van der Waals surface area contributed by atoms with E-state index in [-0.39, 0.29) is 11.6 Å². The minimum atomic E-state index is -0.683. The van der Waals surface area contributed by atoms with E-state index in [2.05, 4.69) is 4.99 Å². The van der Waals surface area contributed by atoms with Gasteiger partial charge >= 0.3 is 5.69 Å². The minimum Gasteiger partial charge on any atom is -0.293 e. The Balaban J connectivity index is 1.91. The summed E-state index contributed by atoms with van der Waals surface area (Å²) in [7, 11) is 2.99. The third-order valence-electron chi connectivity index (χ3n) is 5.89. The van der Waals surface area contributed by atoms with Crippen LogP contribution in [0.4, 0.5) is 5.82 Å². The van der Waals surface area contributed by atoms with Crippen LogP contribution in [0.1, 0.15) is 33.0 Å². The molecule has 2 aromatic carbocycles. The molecule has 0 saturated carbocycles. The van der Waals surface area contributed by atoms with Crippen LogP contribution in [0.5, 0.6) is 0 Å². The van der Waals surface area contributed by atoms with Gasteiger partial charge < -0.3 is 0 Å². The number of aromatic nitrogens is 2. The van der Waals surface area contributed by atoms with Crippen LogP contribution in [0.25, 0.3) is 0 Å². The Hall–Kier alpha value is -2.96. The summed E-state index contributed by atoms with van der Waals surface area (Å²) in [5.41, 5.74) is 1.84. The second-order valence-electron chi connectivity index (χ2n) is 7.48. The number of ketones is 1. The number of rotatable bonds is 1. The average molecular weight is 440 g/mol. The number of hydrogen-bond acceptors (Lipinski definition) is 4. The molecule has 1 aliphatic carbocycles. The summed E-state index contributed by atoms with van der Waals surface area (Å²) < 4.78 is 2.38. The fourth-order valence-electron chi connectivity index (χ4n) is 4.43. The Kier molecular flexibility index (Phi) is 4.14. The first kappa shape index (κ1) is 19.0. The Morgan fingerprint density at radius 3 is 2.27 bits per heavy atom. The Bertz CT molecular complexity index is 1420. The molecule has 2 atom stereocenters. The van der Waals surface area contributed by atoms with Gasteiger partial charge in [-0.2, -0.15) is 0 Å². The number of Topliss-reactive ketones (excluding diaryl/α,β-unsaturated/α-hetero) is 1. The SMILES string of the molecule is Cn1c2c(c(=O)n(C)c1=O)C(c1ccc(Cl)c(Cl)c1)C1C(=O)c3ccccc3C1=N2. The molecule has 5 rings (SSSR count). The molecular formula is C22H15Cl2N3O3. The molecule has 0 saturated heterocycles. The average Bonchev–Trinajstić information content (AvgIpc) is 3.03. The van der Waals surface area contributed by atoms with Crippen molar-refractivity contribution in [3.05, 3.63) is 95.6 Å². The second kappa shape index (κ2) is 6.52. The van der Waals surface area contributed by atoms with Gasteiger partial charge in [0.25, 0.3) is 5.56 Å². The van der Waals surface area contributed by atoms with Crippen molar-refractivity contribution in [1.82, 2.24) is 9.13 Å². The summed E-state index contributed by atoms with van der Waals surface area (Å²) in [4.78, 5) is 43.8. The van der Waals surface area contributed by atoms with Crippen molar-refractivity contribution in [2.75, 3.05) is 0 Å². The van der Waals surface area contributed by atoms with Crippen molar-refractivity contribution < 1.29 is 4.79 Å². The van der Waals surface area contributed by atoms with Gasteiger partial charge in [-0.25, -0.2) is 9.79 Å². The highest BCUT2D eigenvalue weighted by Crippen LogP contribution is 2.47. The van der Waals surface area contributed by atoms with Crippen LogP contribution in [0.15, 0.2) is 57.0 Å². The lowest BCUT2D eigenvalue weighted by atomic mass is 9.76. The van der Waals surface area contributed by atoms with E-state index in [1.54, 1.807) is 37.4 Å². The van der Waals surface area contributed by atoms with E-state index < -0.39 is 23.1 Å². The highest BCUT2D eigenvalue weighted by atomic mass is 35.5. The molecule has 150 valence electrons. The zero-order valence-corrected chi connectivity index (χ0v) is 17.5. The first-order valence-corrected chi connectivity index (χ1v) is 10.0. The van der Waals surface area contributed by atoms with Crippen LogP contribution in [0, 0.1) is 5.92 Å². The number of fused-ring (bicyclic) bond motifs is 4. The lowest BCUT2D eigenvalue weighted by molar-refractivity contribution is 0.0953. The van der Waals surface area contributed by atoms with Gasteiger partial charge in [0.05, 0.1) is 27.2 Å². The van der Waals surface area contributed by atoms with E-state index in [4.69, 9.17) is 23.2 Å². The molecule has 30 heavy (non-hydrogen) atoms. The summed E-state index contributed by atoms with van der Waals surface area (Å²) in [6, 6.07) is 12.3. The molecule has 1 aliphatic heterocycles. The number of carbonyl (C=O) groups excluding carboxylic acids is 1. The molecular weight excluding hydrogens is 425 g/mol. The Morgan fingerprint density at radius 2 is 1.57 bits per heavy atom. The smallest absolute Gasteiger partial charge is 0.293 e. The number of carbonyl (C=O) groups is 1. The normalized spacial score (nSPS) is 19.2. The molecule has 0 radical (unpaired) electrons. The zero-order chi connectivity index (χ0) is 21.3. The summed E-state index contributed by atoms with van der Waals surface area (Å²) in [5.74, 6) is -1.18. The summed E-state index contributed by atoms with van der Waals surface area (Å²) >= 11 is 12.4. The molecule has 2 unspecified atom stereocenters. The van der Waals surface area contributed by atoms with Gasteiger partial charge in [0.2, 0.25) is 0 Å². The van der Waals surface area contributed by atoms with E-state index in [9.17, 15) is 14.4 Å². The molecule has 2 aliphatic rings. The molecule has 6 nitrogen and oxygen atoms in total. The van der Waals surface area contributed by atoms with Crippen molar-refractivity contribution in [2.24, 2.45) is 25.0 Å². The highest BCUT2D eigenvalue weighted by molar-refractivity contribution is 6.42. The van der Waals surface area contributed by atoms with Crippen molar-refractivity contribution in [3.63, 3.8) is 0 Å². The van der Waals surface area contributed by atoms with Gasteiger partial charge in [-0.1, -0.05) is 53.5 Å². The van der Waals surface area contributed by atoms with Gasteiger partial charge in [0, 0.05) is 31.1 Å². The maximum Gasteiger partial charge on any atom is 0.332 e. The first-order chi connectivity index (χ1) is 14.3. The summed E-state index contributed by atoms with van der Waals surface area (Å²) in [6.45, 7) is 0. The number of hydrogen-bond donors (Lipinski definition) is 0. The van der Waals surface area contributed by atoms with Crippen molar-refractivity contribution in [2.45, 2.75) is 5.92 Å². The third-order valence-corrected chi connectivity index (χ3v) is 6.63. The minimum absolute atomic E-state index is 0.109. The van der Waals surface area contributed by atoms with E-state index in [0.717, 1.165) is 10.1 Å². The molecule has 0 fully saturated rings. The molecule has 8 heteroatoms. The molecule has 0 bridgehead atoms. The molecule has 0 spiro atoms. The van der Waals surface area contributed by atoms with E-state index in [1.807, 2.05) is 12.1 Å². The maximum absolute atomic E-state index is 13.4. The Labute approximate surface area is 181 Å². The van der Waals surface area contributed by atoms with Gasteiger partial charge in [-0.15, -0.1) is 0 Å². The molecule has 0 amide bonds. The monoisotopic (exact) mass is 439 g/mol. The van der Waals surface area contributed by atoms with Crippen molar-refractivity contribution >= 4 is 40.5 Å². The zero-order valence-electron chi connectivity index (χ0n) is 16.0. The summed E-state index contributed by atoms with van der Waals surface area (Å²) in [6.07, 6.45) is 0. The Morgan fingerprint density at radius 1 is 0.867 bits per heavy atom. The fourth-order valence-corrected chi connectivity index (χ4v) is 4.74. The lowest BCUT2D eigenvalue weighted by Crippen LogP contribution is -2.43. The lowest BCUT2D eigenvalue weighted by Gasteiger charge is -2.30. The number of benzene rings is 2. The standard InChI is InChI=1S/C22H15Cl2N3O3/c1-26-20-17(21(29)27(2)22(26)30)15(10-7-8-13(23)14(24)9-10)16-18(25-20)11-5-3-4-6-12(11)19(16)28/h3-9,15-16H,1-2H3. The molecule has 1 aromatic heterocycles. The van der Waals surface area contributed by atoms with E-state index in [1.165, 1.54) is 11.6 Å². The number of aliphatic imine (C=N–C) groups is 1. The quantitative estimate of drug-likeness (QED) is 0.582. The van der Waals surface area contributed by atoms with Crippen LogP contribution >= 0.6 is 23.2 Å². The topological polar surface area (TPSA) is 73.4 Å². The number of nitrogens with zero attached hydrogens (tertiary/aromatic N) is 3. The van der Waals surface area contributed by atoms with E-state index >= 15 is 0 Å². The van der Waals surface area contributed by atoms with Crippen molar-refractivity contribution in [3.8, 4) is 0 Å². The van der Waals surface area contributed by atoms with Crippen LogP contribution in [-0.4, -0.2) is 20.6 Å². The second-order valence-corrected chi connectivity index (χ2v) is 8.29. The predicted molar refractivity (Wildman–Crippen MR) is 116 cm³/mol. The molecule has 0 N–H and O–H groups in total. The number of halogens is 2. The van der Waals surface area contributed by atoms with E-state index in [0.29, 0.717) is 32.4 Å².